The molecule has 0 aliphatic heterocycles. The SMILES string of the molecule is C=C(C/C=C\C)S/C(=C/NC=O)C(=O)OC. The lowest BCUT2D eigenvalue weighted by Gasteiger charge is -2.05. The first-order chi connectivity index (χ1) is 7.65. The maximum atomic E-state index is 11.3. The van der Waals surface area contributed by atoms with Crippen molar-refractivity contribution >= 4 is 24.1 Å². The van der Waals surface area contributed by atoms with Crippen LogP contribution >= 0.6 is 11.8 Å². The zero-order chi connectivity index (χ0) is 12.4. The van der Waals surface area contributed by atoms with E-state index < -0.39 is 5.97 Å². The Morgan fingerprint density at radius 2 is 2.25 bits per heavy atom. The van der Waals surface area contributed by atoms with Crippen molar-refractivity contribution in [2.24, 2.45) is 0 Å². The smallest absolute Gasteiger partial charge is 0.346 e. The average molecular weight is 241 g/mol. The Labute approximate surface area is 99.4 Å². The molecule has 0 bridgehead atoms. The van der Waals surface area contributed by atoms with E-state index in [2.05, 4.69) is 16.6 Å². The van der Waals surface area contributed by atoms with Gasteiger partial charge in [-0.15, -0.1) is 0 Å². The van der Waals surface area contributed by atoms with E-state index in [4.69, 9.17) is 0 Å². The van der Waals surface area contributed by atoms with Gasteiger partial charge in [-0.2, -0.15) is 0 Å². The topological polar surface area (TPSA) is 55.4 Å². The minimum absolute atomic E-state index is 0.295. The van der Waals surface area contributed by atoms with Gasteiger partial charge in [-0.1, -0.05) is 30.5 Å². The normalized spacial score (nSPS) is 11.2. The van der Waals surface area contributed by atoms with E-state index in [1.807, 2.05) is 19.1 Å². The summed E-state index contributed by atoms with van der Waals surface area (Å²) in [5.74, 6) is -0.499. The van der Waals surface area contributed by atoms with Gasteiger partial charge in [0.25, 0.3) is 0 Å². The molecule has 0 radical (unpaired) electrons. The van der Waals surface area contributed by atoms with E-state index in [1.165, 1.54) is 25.1 Å². The molecule has 0 aromatic heterocycles. The van der Waals surface area contributed by atoms with Gasteiger partial charge in [0.2, 0.25) is 6.41 Å². The van der Waals surface area contributed by atoms with Gasteiger partial charge in [-0.3, -0.25) is 4.79 Å². The molecule has 0 unspecified atom stereocenters. The molecule has 0 aromatic rings. The second kappa shape index (κ2) is 8.79. The molecule has 1 N–H and O–H groups in total. The Balaban J connectivity index is 4.48. The predicted molar refractivity (Wildman–Crippen MR) is 65.5 cm³/mol. The van der Waals surface area contributed by atoms with Crippen molar-refractivity contribution in [1.82, 2.24) is 5.32 Å². The first-order valence-corrected chi connectivity index (χ1v) is 5.42. The highest BCUT2D eigenvalue weighted by atomic mass is 32.2. The Morgan fingerprint density at radius 3 is 2.75 bits per heavy atom. The summed E-state index contributed by atoms with van der Waals surface area (Å²) in [7, 11) is 1.28. The van der Waals surface area contributed by atoms with Gasteiger partial charge in [-0.05, 0) is 18.2 Å². The molecular weight excluding hydrogens is 226 g/mol. The van der Waals surface area contributed by atoms with Crippen molar-refractivity contribution in [2.45, 2.75) is 13.3 Å². The lowest BCUT2D eigenvalue weighted by atomic mass is 10.4. The molecule has 0 aliphatic rings. The summed E-state index contributed by atoms with van der Waals surface area (Å²) < 4.78 is 4.57. The number of thioether (sulfide) groups is 1. The molecule has 0 aliphatic carbocycles. The fourth-order valence-electron chi connectivity index (χ4n) is 0.787. The molecule has 0 aromatic carbocycles. The molecule has 0 saturated heterocycles. The summed E-state index contributed by atoms with van der Waals surface area (Å²) in [5, 5.41) is 2.30. The molecule has 16 heavy (non-hydrogen) atoms. The van der Waals surface area contributed by atoms with Crippen molar-refractivity contribution in [2.75, 3.05) is 7.11 Å². The number of allylic oxidation sites excluding steroid dienone is 3. The van der Waals surface area contributed by atoms with E-state index >= 15 is 0 Å². The maximum Gasteiger partial charge on any atom is 0.346 e. The molecule has 0 fully saturated rings. The van der Waals surface area contributed by atoms with Crippen molar-refractivity contribution in [1.29, 1.82) is 0 Å². The van der Waals surface area contributed by atoms with Crippen LogP contribution < -0.4 is 5.32 Å². The van der Waals surface area contributed by atoms with Crippen LogP contribution in [0.25, 0.3) is 0 Å². The molecule has 0 rings (SSSR count). The molecule has 5 heteroatoms. The third kappa shape index (κ3) is 6.08. The van der Waals surface area contributed by atoms with Crippen molar-refractivity contribution in [3.05, 3.63) is 34.7 Å². The van der Waals surface area contributed by atoms with E-state index in [9.17, 15) is 9.59 Å². The van der Waals surface area contributed by atoms with E-state index in [0.717, 1.165) is 4.91 Å². The molecule has 1 amide bonds. The fraction of sp³-hybridized carbons (Fsp3) is 0.273. The van der Waals surface area contributed by atoms with Gasteiger partial charge in [-0.25, -0.2) is 4.79 Å². The number of hydrogen-bond acceptors (Lipinski definition) is 4. The molecular formula is C11H15NO3S. The number of ether oxygens (including phenoxy) is 1. The zero-order valence-electron chi connectivity index (χ0n) is 9.36. The van der Waals surface area contributed by atoms with Crippen LogP contribution in [0.1, 0.15) is 13.3 Å². The number of esters is 1. The Morgan fingerprint density at radius 1 is 1.56 bits per heavy atom. The summed E-state index contributed by atoms with van der Waals surface area (Å²) in [4.78, 5) is 22.5. The fourth-order valence-corrected chi connectivity index (χ4v) is 1.57. The molecule has 0 saturated carbocycles. The Hall–Kier alpha value is -1.49. The summed E-state index contributed by atoms with van der Waals surface area (Å²) in [6.07, 6.45) is 6.27. The highest BCUT2D eigenvalue weighted by Crippen LogP contribution is 2.26. The highest BCUT2D eigenvalue weighted by Gasteiger charge is 2.11. The third-order valence-corrected chi connectivity index (χ3v) is 2.46. The van der Waals surface area contributed by atoms with Crippen LogP contribution in [0, 0.1) is 0 Å². The average Bonchev–Trinajstić information content (AvgIpc) is 2.30. The second-order valence-electron chi connectivity index (χ2n) is 2.70. The molecule has 4 nitrogen and oxygen atoms in total. The quantitative estimate of drug-likeness (QED) is 0.320. The number of nitrogens with one attached hydrogen (secondary N) is 1. The van der Waals surface area contributed by atoms with Gasteiger partial charge in [0.15, 0.2) is 0 Å². The maximum absolute atomic E-state index is 11.3. The van der Waals surface area contributed by atoms with E-state index in [-0.39, 0.29) is 0 Å². The van der Waals surface area contributed by atoms with Crippen LogP contribution in [0.15, 0.2) is 34.7 Å². The minimum atomic E-state index is -0.499. The monoisotopic (exact) mass is 241 g/mol. The van der Waals surface area contributed by atoms with Gasteiger partial charge in [0.05, 0.1) is 7.11 Å². The molecule has 88 valence electrons. The first-order valence-electron chi connectivity index (χ1n) is 4.60. The molecule has 0 atom stereocenters. The summed E-state index contributed by atoms with van der Waals surface area (Å²) in [6.45, 7) is 5.71. The summed E-state index contributed by atoms with van der Waals surface area (Å²) >= 11 is 1.18. The van der Waals surface area contributed by atoms with Gasteiger partial charge in [0.1, 0.15) is 4.91 Å². The summed E-state index contributed by atoms with van der Waals surface area (Å²) in [5.41, 5.74) is 0. The first kappa shape index (κ1) is 14.5. The van der Waals surface area contributed by atoms with Crippen LogP contribution in [-0.4, -0.2) is 19.5 Å². The van der Waals surface area contributed by atoms with Crippen molar-refractivity contribution < 1.29 is 14.3 Å². The zero-order valence-corrected chi connectivity index (χ0v) is 10.2. The number of hydrogen-bond donors (Lipinski definition) is 1. The number of rotatable bonds is 7. The summed E-state index contributed by atoms with van der Waals surface area (Å²) in [6, 6.07) is 0. The second-order valence-corrected chi connectivity index (χ2v) is 3.92. The molecule has 0 spiro atoms. The van der Waals surface area contributed by atoms with Crippen LogP contribution in [0.2, 0.25) is 0 Å². The number of carbonyl (C=O) groups excluding carboxylic acids is 2. The number of carbonyl (C=O) groups is 2. The highest BCUT2D eigenvalue weighted by molar-refractivity contribution is 8.07. The van der Waals surface area contributed by atoms with Crippen LogP contribution in [0.5, 0.6) is 0 Å². The van der Waals surface area contributed by atoms with Gasteiger partial charge in [0, 0.05) is 6.20 Å². The van der Waals surface area contributed by atoms with Crippen LogP contribution in [-0.2, 0) is 14.3 Å². The minimum Gasteiger partial charge on any atom is -0.465 e. The van der Waals surface area contributed by atoms with Crippen LogP contribution in [0.3, 0.4) is 0 Å². The van der Waals surface area contributed by atoms with Crippen molar-refractivity contribution in [3.8, 4) is 0 Å². The standard InChI is InChI=1S/C11H15NO3S/c1-4-5-6-9(2)16-10(7-12-8-13)11(14)15-3/h4-5,7-8H,2,6H2,1,3H3,(H,12,13)/b5-4-,10-7+. The van der Waals surface area contributed by atoms with Crippen LogP contribution in [0.4, 0.5) is 0 Å². The lowest BCUT2D eigenvalue weighted by Crippen LogP contribution is -2.08. The van der Waals surface area contributed by atoms with Gasteiger partial charge < -0.3 is 10.1 Å². The number of amides is 1. The largest absolute Gasteiger partial charge is 0.465 e. The van der Waals surface area contributed by atoms with Crippen molar-refractivity contribution in [3.63, 3.8) is 0 Å². The third-order valence-electron chi connectivity index (χ3n) is 1.50. The van der Waals surface area contributed by atoms with E-state index in [1.54, 1.807) is 0 Å². The lowest BCUT2D eigenvalue weighted by molar-refractivity contribution is -0.135. The Kier molecular flexibility index (Phi) is 7.97. The Bertz CT molecular complexity index is 321. The van der Waals surface area contributed by atoms with Gasteiger partial charge >= 0.3 is 5.97 Å². The van der Waals surface area contributed by atoms with E-state index in [0.29, 0.717) is 17.7 Å². The number of methoxy groups -OCH3 is 1. The molecule has 0 heterocycles. The predicted octanol–water partition coefficient (Wildman–Crippen LogP) is 1.96.